The van der Waals surface area contributed by atoms with Crippen LogP contribution in [0.3, 0.4) is 0 Å². The number of hydrogen-bond donors (Lipinski definition) is 7. The summed E-state index contributed by atoms with van der Waals surface area (Å²) in [7, 11) is 0. The highest BCUT2D eigenvalue weighted by Crippen LogP contribution is 2.06. The van der Waals surface area contributed by atoms with Crippen molar-refractivity contribution in [3.8, 4) is 0 Å². The Morgan fingerprint density at radius 3 is 2.07 bits per heavy atom. The van der Waals surface area contributed by atoms with E-state index in [9.17, 15) is 28.8 Å². The highest BCUT2D eigenvalue weighted by atomic mass is 16.4. The lowest BCUT2D eigenvalue weighted by atomic mass is 10.1. The molecule has 0 bridgehead atoms. The zero-order valence-corrected chi connectivity index (χ0v) is 15.8. The molecule has 1 fully saturated rings. The molecule has 162 valence electrons. The summed E-state index contributed by atoms with van der Waals surface area (Å²) >= 11 is 0. The predicted molar refractivity (Wildman–Crippen MR) is 96.2 cm³/mol. The molecule has 13 nitrogen and oxygen atoms in total. The molecular formula is C16H25N5O8. The fourth-order valence-corrected chi connectivity index (χ4v) is 2.62. The van der Waals surface area contributed by atoms with Crippen molar-refractivity contribution in [2.24, 2.45) is 5.73 Å². The van der Waals surface area contributed by atoms with Crippen LogP contribution in [0.4, 0.5) is 0 Å². The van der Waals surface area contributed by atoms with E-state index in [0.717, 1.165) is 13.3 Å². The van der Waals surface area contributed by atoms with Gasteiger partial charge in [-0.2, -0.15) is 0 Å². The maximum atomic E-state index is 12.5. The summed E-state index contributed by atoms with van der Waals surface area (Å²) in [5, 5.41) is 27.3. The number of primary amides is 1. The Balaban J connectivity index is 2.87. The van der Waals surface area contributed by atoms with Gasteiger partial charge in [0.1, 0.15) is 18.1 Å². The van der Waals surface area contributed by atoms with E-state index in [-0.39, 0.29) is 0 Å². The van der Waals surface area contributed by atoms with E-state index in [2.05, 4.69) is 16.0 Å². The Hall–Kier alpha value is -3.22. The van der Waals surface area contributed by atoms with Gasteiger partial charge in [-0.1, -0.05) is 0 Å². The average Bonchev–Trinajstić information content (AvgIpc) is 3.14. The number of carbonyl (C=O) groups excluding carboxylic acids is 4. The molecule has 1 aliphatic rings. The van der Waals surface area contributed by atoms with Crippen LogP contribution in [-0.4, -0.2) is 76.5 Å². The first-order chi connectivity index (χ1) is 13.5. The summed E-state index contributed by atoms with van der Waals surface area (Å²) in [5.74, 6) is -6.27. The van der Waals surface area contributed by atoms with Crippen LogP contribution in [0, 0.1) is 0 Å². The second kappa shape index (κ2) is 10.9. The molecule has 8 N–H and O–H groups in total. The van der Waals surface area contributed by atoms with E-state index in [1.54, 1.807) is 0 Å². The highest BCUT2D eigenvalue weighted by molar-refractivity contribution is 5.97. The third-order valence-corrected chi connectivity index (χ3v) is 4.16. The number of amides is 4. The number of carbonyl (C=O) groups is 6. The van der Waals surface area contributed by atoms with Gasteiger partial charge >= 0.3 is 11.9 Å². The Morgan fingerprint density at radius 1 is 1.00 bits per heavy atom. The summed E-state index contributed by atoms with van der Waals surface area (Å²) in [5.41, 5.74) is 5.11. The molecule has 1 rings (SSSR count). The quantitative estimate of drug-likeness (QED) is 0.179. The molecular weight excluding hydrogens is 390 g/mol. The van der Waals surface area contributed by atoms with Crippen molar-refractivity contribution in [1.29, 1.82) is 0 Å². The third-order valence-electron chi connectivity index (χ3n) is 4.16. The van der Waals surface area contributed by atoms with Crippen molar-refractivity contribution in [2.75, 3.05) is 6.54 Å². The number of aliphatic carboxylic acids is 2. The minimum Gasteiger partial charge on any atom is -0.481 e. The number of rotatable bonds is 11. The van der Waals surface area contributed by atoms with E-state index in [1.165, 1.54) is 0 Å². The van der Waals surface area contributed by atoms with Gasteiger partial charge in [0, 0.05) is 0 Å². The van der Waals surface area contributed by atoms with E-state index >= 15 is 0 Å². The van der Waals surface area contributed by atoms with Crippen molar-refractivity contribution in [2.45, 2.75) is 56.8 Å². The van der Waals surface area contributed by atoms with Crippen LogP contribution in [0.2, 0.25) is 0 Å². The molecule has 29 heavy (non-hydrogen) atoms. The van der Waals surface area contributed by atoms with Gasteiger partial charge in [-0.25, -0.2) is 0 Å². The van der Waals surface area contributed by atoms with Crippen LogP contribution in [-0.2, 0) is 28.8 Å². The SMILES string of the molecule is CC(NC(=O)C(CC(=O)O)NC(=O)C(CC(N)=O)NC(=O)C1CCCN1)C(=O)O. The molecule has 0 spiro atoms. The largest absolute Gasteiger partial charge is 0.481 e. The molecule has 13 heteroatoms. The zero-order chi connectivity index (χ0) is 22.1. The van der Waals surface area contributed by atoms with E-state index in [4.69, 9.17) is 15.9 Å². The fourth-order valence-electron chi connectivity index (χ4n) is 2.62. The van der Waals surface area contributed by atoms with Crippen molar-refractivity contribution >= 4 is 35.6 Å². The average molecular weight is 415 g/mol. The van der Waals surface area contributed by atoms with Crippen molar-refractivity contribution in [1.82, 2.24) is 21.3 Å². The lowest BCUT2D eigenvalue weighted by Crippen LogP contribution is -2.57. The van der Waals surface area contributed by atoms with Gasteiger partial charge in [-0.15, -0.1) is 0 Å². The van der Waals surface area contributed by atoms with E-state index in [0.29, 0.717) is 13.0 Å². The zero-order valence-electron chi connectivity index (χ0n) is 15.8. The number of carboxylic acid groups (broad SMARTS) is 2. The Bertz CT molecular complexity index is 676. The van der Waals surface area contributed by atoms with Gasteiger partial charge in [0.05, 0.1) is 18.9 Å². The van der Waals surface area contributed by atoms with Crippen LogP contribution in [0.5, 0.6) is 0 Å². The van der Waals surface area contributed by atoms with Crippen LogP contribution in [0.15, 0.2) is 0 Å². The van der Waals surface area contributed by atoms with Crippen LogP contribution < -0.4 is 27.0 Å². The number of nitrogens with two attached hydrogens (primary N) is 1. The van der Waals surface area contributed by atoms with Gasteiger partial charge in [0.15, 0.2) is 0 Å². The van der Waals surface area contributed by atoms with Gasteiger partial charge < -0.3 is 37.2 Å². The molecule has 0 saturated carbocycles. The number of hydrogen-bond acceptors (Lipinski definition) is 7. The van der Waals surface area contributed by atoms with E-state index in [1.807, 2.05) is 5.32 Å². The molecule has 0 aromatic heterocycles. The summed E-state index contributed by atoms with van der Waals surface area (Å²) in [4.78, 5) is 70.0. The van der Waals surface area contributed by atoms with Crippen molar-refractivity contribution < 1.29 is 39.0 Å². The Morgan fingerprint density at radius 2 is 1.59 bits per heavy atom. The van der Waals surface area contributed by atoms with Crippen LogP contribution in [0.1, 0.15) is 32.6 Å². The molecule has 1 heterocycles. The van der Waals surface area contributed by atoms with Crippen molar-refractivity contribution in [3.05, 3.63) is 0 Å². The second-order valence-electron chi connectivity index (χ2n) is 6.61. The van der Waals surface area contributed by atoms with Crippen LogP contribution in [0.25, 0.3) is 0 Å². The monoisotopic (exact) mass is 415 g/mol. The summed E-state index contributed by atoms with van der Waals surface area (Å²) in [6.07, 6.45) is -0.121. The predicted octanol–water partition coefficient (Wildman–Crippen LogP) is -3.35. The minimum absolute atomic E-state index is 0.536. The first kappa shape index (κ1) is 23.8. The second-order valence-corrected chi connectivity index (χ2v) is 6.61. The summed E-state index contributed by atoms with van der Waals surface area (Å²) < 4.78 is 0. The standard InChI is InChI=1S/C16H25N5O8/c1-7(16(28)29)19-14(26)10(6-12(23)24)21-15(27)9(5-11(17)22)20-13(25)8-3-2-4-18-8/h7-10,18H,2-6H2,1H3,(H2,17,22)(H,19,26)(H,20,25)(H,21,27)(H,23,24)(H,28,29). The van der Waals surface area contributed by atoms with Gasteiger partial charge in [0.25, 0.3) is 0 Å². The lowest BCUT2D eigenvalue weighted by Gasteiger charge is -2.23. The summed E-state index contributed by atoms with van der Waals surface area (Å²) in [6, 6.07) is -4.93. The lowest BCUT2D eigenvalue weighted by molar-refractivity contribution is -0.143. The Labute approximate surface area is 165 Å². The van der Waals surface area contributed by atoms with Crippen molar-refractivity contribution in [3.63, 3.8) is 0 Å². The maximum Gasteiger partial charge on any atom is 0.325 e. The topological polar surface area (TPSA) is 217 Å². The normalized spacial score (nSPS) is 18.7. The molecule has 4 amide bonds. The molecule has 4 atom stereocenters. The molecule has 1 aliphatic heterocycles. The van der Waals surface area contributed by atoms with Gasteiger partial charge in [0.2, 0.25) is 23.6 Å². The number of carboxylic acids is 2. The molecule has 0 aliphatic carbocycles. The number of nitrogens with one attached hydrogen (secondary N) is 4. The fraction of sp³-hybridized carbons (Fsp3) is 0.625. The van der Waals surface area contributed by atoms with E-state index < -0.39 is 72.6 Å². The highest BCUT2D eigenvalue weighted by Gasteiger charge is 2.32. The first-order valence-electron chi connectivity index (χ1n) is 8.88. The third kappa shape index (κ3) is 8.13. The molecule has 4 unspecified atom stereocenters. The minimum atomic E-state index is -1.63. The first-order valence-corrected chi connectivity index (χ1v) is 8.88. The molecule has 0 aromatic carbocycles. The summed E-state index contributed by atoms with van der Waals surface area (Å²) in [6.45, 7) is 1.78. The smallest absolute Gasteiger partial charge is 0.325 e. The maximum absolute atomic E-state index is 12.5. The van der Waals surface area contributed by atoms with Gasteiger partial charge in [-0.3, -0.25) is 28.8 Å². The van der Waals surface area contributed by atoms with Crippen LogP contribution >= 0.6 is 0 Å². The van der Waals surface area contributed by atoms with Gasteiger partial charge in [-0.05, 0) is 26.3 Å². The molecule has 1 saturated heterocycles. The molecule has 0 radical (unpaired) electrons. The molecule has 0 aromatic rings. The Kier molecular flexibility index (Phi) is 8.99.